The van der Waals surface area contributed by atoms with Crippen LogP contribution in [0, 0.1) is 0 Å². The molecule has 3 nitrogen and oxygen atoms in total. The van der Waals surface area contributed by atoms with Crippen molar-refractivity contribution in [2.24, 2.45) is 0 Å². The normalized spacial score (nSPS) is 16.6. The van der Waals surface area contributed by atoms with Gasteiger partial charge in [-0.2, -0.15) is 0 Å². The second-order valence-corrected chi connectivity index (χ2v) is 5.68. The summed E-state index contributed by atoms with van der Waals surface area (Å²) in [4.78, 5) is 8.84. The summed E-state index contributed by atoms with van der Waals surface area (Å²) in [6.07, 6.45) is 2.36. The van der Waals surface area contributed by atoms with Crippen LogP contribution >= 0.6 is 27.5 Å². The third-order valence-electron chi connectivity index (χ3n) is 2.85. The molecule has 5 heteroatoms. The topological polar surface area (TPSA) is 35.0 Å². The van der Waals surface area contributed by atoms with E-state index >= 15 is 0 Å². The van der Waals surface area contributed by atoms with Gasteiger partial charge in [0.2, 0.25) is 0 Å². The minimum Gasteiger partial charge on any atom is -0.371 e. The van der Waals surface area contributed by atoms with Crippen molar-refractivity contribution in [3.05, 3.63) is 21.1 Å². The molecule has 1 fully saturated rings. The Kier molecular flexibility index (Phi) is 3.25. The SMILES string of the molecule is COC(C)(C)c1nc(Cl)c(Br)c(C2CC2)n1. The molecule has 0 atom stereocenters. The standard InChI is InChI=1S/C11H14BrClN2O/c1-11(2,16-3)10-14-8(6-4-5-6)7(12)9(13)15-10/h6H,4-5H2,1-3H3. The number of rotatable bonds is 3. The summed E-state index contributed by atoms with van der Waals surface area (Å²) in [5.74, 6) is 1.17. The summed E-state index contributed by atoms with van der Waals surface area (Å²) in [5.41, 5.74) is 0.508. The molecule has 1 aliphatic rings. The Bertz CT molecular complexity index is 419. The van der Waals surface area contributed by atoms with E-state index in [1.165, 1.54) is 12.8 Å². The Morgan fingerprint density at radius 1 is 1.38 bits per heavy atom. The quantitative estimate of drug-likeness (QED) is 0.800. The molecule has 1 saturated carbocycles. The third-order valence-corrected chi connectivity index (χ3v) is 4.13. The van der Waals surface area contributed by atoms with E-state index < -0.39 is 5.60 Å². The van der Waals surface area contributed by atoms with Gasteiger partial charge in [0.25, 0.3) is 0 Å². The van der Waals surface area contributed by atoms with E-state index in [9.17, 15) is 0 Å². The molecule has 0 spiro atoms. The third kappa shape index (κ3) is 2.24. The van der Waals surface area contributed by atoms with Crippen LogP contribution in [0.5, 0.6) is 0 Å². The van der Waals surface area contributed by atoms with Crippen LogP contribution < -0.4 is 0 Å². The van der Waals surface area contributed by atoms with Crippen LogP contribution in [0.4, 0.5) is 0 Å². The highest BCUT2D eigenvalue weighted by Crippen LogP contribution is 2.44. The first-order valence-corrected chi connectivity index (χ1v) is 6.41. The number of nitrogens with zero attached hydrogens (tertiary/aromatic N) is 2. The van der Waals surface area contributed by atoms with E-state index in [2.05, 4.69) is 25.9 Å². The maximum absolute atomic E-state index is 6.10. The van der Waals surface area contributed by atoms with Crippen molar-refractivity contribution in [1.82, 2.24) is 9.97 Å². The number of ether oxygens (including phenoxy) is 1. The van der Waals surface area contributed by atoms with Gasteiger partial charge in [0.1, 0.15) is 10.8 Å². The summed E-state index contributed by atoms with van der Waals surface area (Å²) in [6.45, 7) is 3.87. The Labute approximate surface area is 109 Å². The van der Waals surface area contributed by atoms with Gasteiger partial charge in [-0.15, -0.1) is 0 Å². The Hall–Kier alpha value is -0.190. The first kappa shape index (κ1) is 12.3. The van der Waals surface area contributed by atoms with Gasteiger partial charge >= 0.3 is 0 Å². The summed E-state index contributed by atoms with van der Waals surface area (Å²) in [7, 11) is 1.65. The molecule has 1 aromatic rings. The number of aromatic nitrogens is 2. The van der Waals surface area contributed by atoms with Gasteiger partial charge < -0.3 is 4.74 Å². The molecule has 1 aromatic heterocycles. The lowest BCUT2D eigenvalue weighted by Gasteiger charge is -2.22. The van der Waals surface area contributed by atoms with Crippen LogP contribution in [0.15, 0.2) is 4.47 Å². The Morgan fingerprint density at radius 2 is 2.00 bits per heavy atom. The highest BCUT2D eigenvalue weighted by molar-refractivity contribution is 9.10. The van der Waals surface area contributed by atoms with Crippen molar-refractivity contribution in [2.75, 3.05) is 7.11 Å². The number of hydrogen-bond acceptors (Lipinski definition) is 3. The van der Waals surface area contributed by atoms with E-state index in [1.54, 1.807) is 7.11 Å². The molecule has 0 saturated heterocycles. The molecule has 1 aliphatic carbocycles. The predicted octanol–water partition coefficient (Wildman–Crippen LogP) is 3.65. The van der Waals surface area contributed by atoms with Crippen molar-refractivity contribution in [2.45, 2.75) is 38.2 Å². The highest BCUT2D eigenvalue weighted by Gasteiger charge is 2.32. The number of hydrogen-bond donors (Lipinski definition) is 0. The van der Waals surface area contributed by atoms with E-state index in [4.69, 9.17) is 16.3 Å². The summed E-state index contributed by atoms with van der Waals surface area (Å²) >= 11 is 9.55. The van der Waals surface area contributed by atoms with Gasteiger partial charge in [-0.1, -0.05) is 11.6 Å². The number of methoxy groups -OCH3 is 1. The summed E-state index contributed by atoms with van der Waals surface area (Å²) in [5, 5.41) is 0.469. The zero-order valence-corrected chi connectivity index (χ0v) is 11.9. The first-order chi connectivity index (χ1) is 7.45. The smallest absolute Gasteiger partial charge is 0.161 e. The van der Waals surface area contributed by atoms with Crippen molar-refractivity contribution < 1.29 is 4.74 Å². The van der Waals surface area contributed by atoms with E-state index in [-0.39, 0.29) is 0 Å². The zero-order valence-electron chi connectivity index (χ0n) is 9.55. The van der Waals surface area contributed by atoms with E-state index in [0.29, 0.717) is 16.9 Å². The molecule has 0 amide bonds. The van der Waals surface area contributed by atoms with Crippen LogP contribution in [0.2, 0.25) is 5.15 Å². The molecule has 0 radical (unpaired) electrons. The predicted molar refractivity (Wildman–Crippen MR) is 66.8 cm³/mol. The fraction of sp³-hybridized carbons (Fsp3) is 0.636. The largest absolute Gasteiger partial charge is 0.371 e. The maximum Gasteiger partial charge on any atom is 0.161 e. The van der Waals surface area contributed by atoms with Gasteiger partial charge in [-0.3, -0.25) is 0 Å². The molecular formula is C11H14BrClN2O. The van der Waals surface area contributed by atoms with Crippen LogP contribution in [0.1, 0.15) is 44.1 Å². The molecule has 0 aliphatic heterocycles. The average Bonchev–Trinajstić information content (AvgIpc) is 3.05. The van der Waals surface area contributed by atoms with Gasteiger partial charge in [0.05, 0.1) is 10.2 Å². The van der Waals surface area contributed by atoms with Gasteiger partial charge in [0, 0.05) is 13.0 Å². The molecule has 2 rings (SSSR count). The maximum atomic E-state index is 6.10. The highest BCUT2D eigenvalue weighted by atomic mass is 79.9. The van der Waals surface area contributed by atoms with Crippen molar-refractivity contribution in [1.29, 1.82) is 0 Å². The van der Waals surface area contributed by atoms with Gasteiger partial charge in [-0.25, -0.2) is 9.97 Å². The van der Waals surface area contributed by atoms with E-state index in [0.717, 1.165) is 10.2 Å². The molecule has 0 bridgehead atoms. The van der Waals surface area contributed by atoms with Gasteiger partial charge in [-0.05, 0) is 42.6 Å². The van der Waals surface area contributed by atoms with Crippen molar-refractivity contribution in [3.63, 3.8) is 0 Å². The number of halogens is 2. The van der Waals surface area contributed by atoms with Crippen molar-refractivity contribution in [3.8, 4) is 0 Å². The fourth-order valence-corrected chi connectivity index (χ4v) is 2.10. The first-order valence-electron chi connectivity index (χ1n) is 5.24. The lowest BCUT2D eigenvalue weighted by Crippen LogP contribution is -2.23. The molecule has 88 valence electrons. The van der Waals surface area contributed by atoms with Crippen LogP contribution in [-0.2, 0) is 10.3 Å². The average molecular weight is 306 g/mol. The molecule has 0 N–H and O–H groups in total. The minimum atomic E-state index is -0.506. The monoisotopic (exact) mass is 304 g/mol. The fourth-order valence-electron chi connectivity index (χ4n) is 1.42. The Balaban J connectivity index is 2.48. The lowest BCUT2D eigenvalue weighted by atomic mass is 10.1. The molecule has 0 unspecified atom stereocenters. The van der Waals surface area contributed by atoms with Crippen LogP contribution in [0.3, 0.4) is 0 Å². The van der Waals surface area contributed by atoms with Crippen molar-refractivity contribution >= 4 is 27.5 Å². The van der Waals surface area contributed by atoms with Crippen LogP contribution in [-0.4, -0.2) is 17.1 Å². The Morgan fingerprint density at radius 3 is 2.50 bits per heavy atom. The second kappa shape index (κ2) is 4.24. The van der Waals surface area contributed by atoms with Gasteiger partial charge in [0.15, 0.2) is 5.82 Å². The lowest BCUT2D eigenvalue weighted by molar-refractivity contribution is 0.0112. The van der Waals surface area contributed by atoms with E-state index in [1.807, 2.05) is 13.8 Å². The second-order valence-electron chi connectivity index (χ2n) is 4.53. The molecular weight excluding hydrogens is 291 g/mol. The molecule has 16 heavy (non-hydrogen) atoms. The zero-order chi connectivity index (χ0) is 11.9. The summed E-state index contributed by atoms with van der Waals surface area (Å²) < 4.78 is 6.20. The molecule has 0 aromatic carbocycles. The minimum absolute atomic E-state index is 0.469. The van der Waals surface area contributed by atoms with Crippen LogP contribution in [0.25, 0.3) is 0 Å². The summed E-state index contributed by atoms with van der Waals surface area (Å²) in [6, 6.07) is 0. The molecule has 1 heterocycles.